The number of ether oxygens (including phenoxy) is 2. The van der Waals surface area contributed by atoms with E-state index in [1.165, 1.54) is 12.3 Å². The summed E-state index contributed by atoms with van der Waals surface area (Å²) in [5, 5.41) is 2.81. The highest BCUT2D eigenvalue weighted by atomic mass is 19.1. The van der Waals surface area contributed by atoms with Crippen molar-refractivity contribution in [2.24, 2.45) is 5.92 Å². The Hall–Kier alpha value is -4.31. The van der Waals surface area contributed by atoms with Crippen LogP contribution in [0.15, 0.2) is 66.9 Å². The number of Topliss-reactive ketones (excluding diaryl/α,β-unsaturated/α-hetero) is 1. The zero-order valence-corrected chi connectivity index (χ0v) is 26.1. The SMILES string of the molecule is COc1ccc(C(=O)C2CCN(C(=O)c3ccc(C(=O)NC4CCN(Cc5ccc(OC(C)C)cc5)C[C@H]4F)cn3)CC2)cc1. The van der Waals surface area contributed by atoms with Crippen LogP contribution in [-0.4, -0.2) is 84.0 Å². The molecule has 1 N–H and O–H groups in total. The smallest absolute Gasteiger partial charge is 0.272 e. The molecule has 1 unspecified atom stereocenters. The van der Waals surface area contributed by atoms with Crippen molar-refractivity contribution < 1.29 is 28.2 Å². The first-order chi connectivity index (χ1) is 21.7. The number of amides is 2. The lowest BCUT2D eigenvalue weighted by molar-refractivity contribution is 0.0645. The third-order valence-electron chi connectivity index (χ3n) is 8.42. The maximum atomic E-state index is 15.1. The van der Waals surface area contributed by atoms with Crippen LogP contribution in [0.2, 0.25) is 0 Å². The summed E-state index contributed by atoms with van der Waals surface area (Å²) in [5.41, 5.74) is 2.22. The number of alkyl halides is 1. The molecule has 2 amide bonds. The predicted molar refractivity (Wildman–Crippen MR) is 168 cm³/mol. The Labute approximate surface area is 263 Å². The van der Waals surface area contributed by atoms with Gasteiger partial charge in [-0.15, -0.1) is 0 Å². The Balaban J connectivity index is 1.07. The number of halogens is 1. The topological polar surface area (TPSA) is 101 Å². The molecule has 2 saturated heterocycles. The Morgan fingerprint density at radius 2 is 1.58 bits per heavy atom. The Morgan fingerprint density at radius 3 is 2.18 bits per heavy atom. The zero-order valence-electron chi connectivity index (χ0n) is 26.1. The minimum absolute atomic E-state index is 0.0711. The molecule has 2 aliphatic rings. The predicted octanol–water partition coefficient (Wildman–Crippen LogP) is 4.95. The van der Waals surface area contributed by atoms with Crippen molar-refractivity contribution in [3.63, 3.8) is 0 Å². The molecule has 0 aliphatic carbocycles. The fraction of sp³-hybridized carbons (Fsp3) is 0.429. The van der Waals surface area contributed by atoms with Crippen LogP contribution in [0.1, 0.15) is 69.9 Å². The van der Waals surface area contributed by atoms with Gasteiger partial charge in [0.15, 0.2) is 5.78 Å². The van der Waals surface area contributed by atoms with Gasteiger partial charge in [0.25, 0.3) is 11.8 Å². The largest absolute Gasteiger partial charge is 0.497 e. The molecule has 2 fully saturated rings. The summed E-state index contributed by atoms with van der Waals surface area (Å²) >= 11 is 0. The Bertz CT molecular complexity index is 1450. The molecule has 0 spiro atoms. The third kappa shape index (κ3) is 8.25. The number of aromatic nitrogens is 1. The second-order valence-corrected chi connectivity index (χ2v) is 12.0. The fourth-order valence-electron chi connectivity index (χ4n) is 5.88. The number of hydrogen-bond acceptors (Lipinski definition) is 7. The van der Waals surface area contributed by atoms with Gasteiger partial charge >= 0.3 is 0 Å². The second-order valence-electron chi connectivity index (χ2n) is 12.0. The lowest BCUT2D eigenvalue weighted by Gasteiger charge is -2.35. The molecule has 5 rings (SSSR count). The van der Waals surface area contributed by atoms with Crippen molar-refractivity contribution in [3.05, 3.63) is 89.2 Å². The molecule has 2 aliphatic heterocycles. The van der Waals surface area contributed by atoms with Crippen molar-refractivity contribution in [2.75, 3.05) is 33.3 Å². The first-order valence-corrected chi connectivity index (χ1v) is 15.6. The highest BCUT2D eigenvalue weighted by molar-refractivity contribution is 5.99. The summed E-state index contributed by atoms with van der Waals surface area (Å²) in [6, 6.07) is 17.4. The van der Waals surface area contributed by atoms with Gasteiger partial charge in [-0.3, -0.25) is 24.3 Å². The molecule has 1 aromatic heterocycles. The van der Waals surface area contributed by atoms with Gasteiger partial charge in [0.1, 0.15) is 23.4 Å². The van der Waals surface area contributed by atoms with E-state index in [2.05, 4.69) is 10.3 Å². The molecule has 0 saturated carbocycles. The summed E-state index contributed by atoms with van der Waals surface area (Å²) in [6.07, 6.45) is 1.88. The van der Waals surface area contributed by atoms with E-state index < -0.39 is 18.1 Å². The van der Waals surface area contributed by atoms with E-state index >= 15 is 4.39 Å². The van der Waals surface area contributed by atoms with Crippen LogP contribution in [-0.2, 0) is 6.54 Å². The standard InChI is InChI=1S/C35H41FN4O5/c1-23(2)45-29-9-4-24(5-10-29)21-39-17-16-31(30(36)22-39)38-34(42)27-8-13-32(37-20-27)35(43)40-18-14-26(15-19-40)33(41)25-6-11-28(44-3)12-7-25/h4-13,20,23,26,30-31H,14-19,21-22H2,1-3H3,(H,38,42)/t30-,31?/m1/s1. The van der Waals surface area contributed by atoms with Crippen LogP contribution < -0.4 is 14.8 Å². The molecule has 2 aromatic carbocycles. The summed E-state index contributed by atoms with van der Waals surface area (Å²) in [4.78, 5) is 46.9. The summed E-state index contributed by atoms with van der Waals surface area (Å²) in [5.74, 6) is 0.772. The normalized spacial score (nSPS) is 19.3. The van der Waals surface area contributed by atoms with E-state index in [-0.39, 0.29) is 41.5 Å². The van der Waals surface area contributed by atoms with E-state index in [0.717, 1.165) is 11.3 Å². The summed E-state index contributed by atoms with van der Waals surface area (Å²) in [6.45, 7) is 6.36. The minimum Gasteiger partial charge on any atom is -0.497 e. The number of nitrogens with one attached hydrogen (secondary N) is 1. The maximum absolute atomic E-state index is 15.1. The van der Waals surface area contributed by atoms with Crippen LogP contribution in [0.25, 0.3) is 0 Å². The van der Waals surface area contributed by atoms with Crippen LogP contribution in [0.5, 0.6) is 11.5 Å². The molecule has 45 heavy (non-hydrogen) atoms. The number of rotatable bonds is 10. The number of likely N-dealkylation sites (tertiary alicyclic amines) is 2. The number of pyridine rings is 1. The van der Waals surface area contributed by atoms with Gasteiger partial charge in [0.2, 0.25) is 0 Å². The summed E-state index contributed by atoms with van der Waals surface area (Å²) in [7, 11) is 1.58. The van der Waals surface area contributed by atoms with Crippen LogP contribution in [0.3, 0.4) is 0 Å². The molecule has 0 bridgehead atoms. The highest BCUT2D eigenvalue weighted by Gasteiger charge is 2.31. The van der Waals surface area contributed by atoms with E-state index in [9.17, 15) is 14.4 Å². The molecule has 2 atom stereocenters. The molecule has 10 heteroatoms. The number of ketones is 1. The van der Waals surface area contributed by atoms with Gasteiger partial charge < -0.3 is 19.7 Å². The number of piperidine rings is 2. The van der Waals surface area contributed by atoms with Gasteiger partial charge in [0.05, 0.1) is 24.8 Å². The van der Waals surface area contributed by atoms with Gasteiger partial charge in [-0.25, -0.2) is 4.39 Å². The quantitative estimate of drug-likeness (QED) is 0.322. The highest BCUT2D eigenvalue weighted by Crippen LogP contribution is 2.24. The maximum Gasteiger partial charge on any atom is 0.272 e. The first-order valence-electron chi connectivity index (χ1n) is 15.6. The number of methoxy groups -OCH3 is 1. The Morgan fingerprint density at radius 1 is 0.911 bits per heavy atom. The molecule has 3 aromatic rings. The number of hydrogen-bond donors (Lipinski definition) is 1. The molecule has 0 radical (unpaired) electrons. The van der Waals surface area contributed by atoms with E-state index in [4.69, 9.17) is 9.47 Å². The average Bonchev–Trinajstić information content (AvgIpc) is 3.06. The van der Waals surface area contributed by atoms with Gasteiger partial charge in [-0.05, 0) is 87.2 Å². The number of benzene rings is 2. The van der Waals surface area contributed by atoms with Crippen molar-refractivity contribution >= 4 is 17.6 Å². The lowest BCUT2D eigenvalue weighted by Crippen LogP contribution is -2.52. The molecule has 3 heterocycles. The van der Waals surface area contributed by atoms with Gasteiger partial charge in [-0.2, -0.15) is 0 Å². The second kappa shape index (κ2) is 14.6. The fourth-order valence-corrected chi connectivity index (χ4v) is 5.88. The molecular formula is C35H41FN4O5. The molecule has 238 valence electrons. The first kappa shape index (κ1) is 32.1. The van der Waals surface area contributed by atoms with Crippen molar-refractivity contribution in [1.82, 2.24) is 20.1 Å². The van der Waals surface area contributed by atoms with Gasteiger partial charge in [0, 0.05) is 50.4 Å². The number of carbonyl (C=O) groups excluding carboxylic acids is 3. The van der Waals surface area contributed by atoms with Crippen LogP contribution >= 0.6 is 0 Å². The molecule has 9 nitrogen and oxygen atoms in total. The lowest BCUT2D eigenvalue weighted by atomic mass is 9.88. The monoisotopic (exact) mass is 616 g/mol. The molecular weight excluding hydrogens is 575 g/mol. The van der Waals surface area contributed by atoms with E-state index in [0.29, 0.717) is 56.8 Å². The van der Waals surface area contributed by atoms with Crippen molar-refractivity contribution in [1.29, 1.82) is 0 Å². The zero-order chi connectivity index (χ0) is 31.9. The van der Waals surface area contributed by atoms with E-state index in [1.54, 1.807) is 42.3 Å². The van der Waals surface area contributed by atoms with Crippen LogP contribution in [0, 0.1) is 5.92 Å². The number of carbonyl (C=O) groups is 3. The van der Waals surface area contributed by atoms with Crippen molar-refractivity contribution in [2.45, 2.75) is 58.0 Å². The van der Waals surface area contributed by atoms with Gasteiger partial charge in [-0.1, -0.05) is 12.1 Å². The minimum atomic E-state index is -1.21. The summed E-state index contributed by atoms with van der Waals surface area (Å²) < 4.78 is 25.9. The number of nitrogens with zero attached hydrogens (tertiary/aromatic N) is 3. The van der Waals surface area contributed by atoms with E-state index in [1.807, 2.05) is 43.0 Å². The third-order valence-corrected chi connectivity index (χ3v) is 8.42. The van der Waals surface area contributed by atoms with Crippen molar-refractivity contribution in [3.8, 4) is 11.5 Å². The Kier molecular flexibility index (Phi) is 10.4. The average molecular weight is 617 g/mol. The van der Waals surface area contributed by atoms with Crippen LogP contribution in [0.4, 0.5) is 4.39 Å².